The Hall–Kier alpha value is -1.42. The second-order valence-corrected chi connectivity index (χ2v) is 10.4. The van der Waals surface area contributed by atoms with E-state index >= 15 is 0 Å². The Morgan fingerprint density at radius 2 is 1.64 bits per heavy atom. The molecule has 9 heteroatoms. The second-order valence-electron chi connectivity index (χ2n) is 5.47. The van der Waals surface area contributed by atoms with Gasteiger partial charge in [-0.25, -0.2) is 16.8 Å². The van der Waals surface area contributed by atoms with Crippen LogP contribution in [0.2, 0.25) is 0 Å². The van der Waals surface area contributed by atoms with Crippen LogP contribution in [-0.2, 0) is 26.4 Å². The van der Waals surface area contributed by atoms with E-state index in [1.165, 1.54) is 29.6 Å². The minimum absolute atomic E-state index is 0.0490. The van der Waals surface area contributed by atoms with Crippen molar-refractivity contribution in [1.29, 1.82) is 0 Å². The van der Waals surface area contributed by atoms with Crippen LogP contribution in [0.15, 0.2) is 56.7 Å². The zero-order valence-corrected chi connectivity index (χ0v) is 17.2. The molecule has 0 saturated carbocycles. The summed E-state index contributed by atoms with van der Waals surface area (Å²) < 4.78 is 55.6. The Morgan fingerprint density at radius 1 is 1.04 bits per heavy atom. The van der Waals surface area contributed by atoms with Gasteiger partial charge in [0.1, 0.15) is 5.75 Å². The Balaban J connectivity index is 2.36. The Bertz CT molecular complexity index is 970. The summed E-state index contributed by atoms with van der Waals surface area (Å²) >= 11 is 3.19. The zero-order chi connectivity index (χ0) is 18.8. The third kappa shape index (κ3) is 4.60. The third-order valence-corrected chi connectivity index (χ3v) is 7.49. The van der Waals surface area contributed by atoms with Crippen LogP contribution in [0.5, 0.6) is 5.75 Å². The Kier molecular flexibility index (Phi) is 5.93. The first-order valence-corrected chi connectivity index (χ1v) is 11.3. The van der Waals surface area contributed by atoms with Gasteiger partial charge in [0, 0.05) is 24.3 Å². The number of rotatable bonds is 6. The van der Waals surface area contributed by atoms with Gasteiger partial charge in [-0.2, -0.15) is 4.31 Å². The standard InChI is InChI=1S/C16H18BrNO5S2/c1-18(11-12-4-6-13(23-2)7-5-12)25(21,22)16-10-14(24(3,19)20)8-9-15(16)17/h4-10H,11H2,1-3H3. The highest BCUT2D eigenvalue weighted by molar-refractivity contribution is 9.10. The lowest BCUT2D eigenvalue weighted by atomic mass is 10.2. The largest absolute Gasteiger partial charge is 0.497 e. The first kappa shape index (κ1) is 19.9. The molecule has 0 N–H and O–H groups in total. The molecule has 25 heavy (non-hydrogen) atoms. The molecule has 0 aliphatic carbocycles. The van der Waals surface area contributed by atoms with Crippen molar-refractivity contribution in [3.8, 4) is 5.75 Å². The molecule has 0 bridgehead atoms. The van der Waals surface area contributed by atoms with Crippen LogP contribution in [-0.4, -0.2) is 41.6 Å². The van der Waals surface area contributed by atoms with Gasteiger partial charge in [0.25, 0.3) is 0 Å². The van der Waals surface area contributed by atoms with Crippen LogP contribution in [0.1, 0.15) is 5.56 Å². The molecule has 0 spiro atoms. The van der Waals surface area contributed by atoms with Gasteiger partial charge in [0.2, 0.25) is 10.0 Å². The summed E-state index contributed by atoms with van der Waals surface area (Å²) in [7, 11) is -4.39. The van der Waals surface area contributed by atoms with Crippen molar-refractivity contribution >= 4 is 35.8 Å². The van der Waals surface area contributed by atoms with E-state index in [0.717, 1.165) is 11.8 Å². The smallest absolute Gasteiger partial charge is 0.244 e. The van der Waals surface area contributed by atoms with Gasteiger partial charge in [-0.05, 0) is 51.8 Å². The number of sulfone groups is 1. The van der Waals surface area contributed by atoms with Crippen molar-refractivity contribution in [2.75, 3.05) is 20.4 Å². The number of nitrogens with zero attached hydrogens (tertiary/aromatic N) is 1. The second kappa shape index (κ2) is 7.45. The van der Waals surface area contributed by atoms with Crippen LogP contribution in [0.25, 0.3) is 0 Å². The van der Waals surface area contributed by atoms with E-state index in [0.29, 0.717) is 10.2 Å². The van der Waals surface area contributed by atoms with Crippen LogP contribution in [0.3, 0.4) is 0 Å². The summed E-state index contributed by atoms with van der Waals surface area (Å²) in [6.07, 6.45) is 1.04. The molecule has 0 aromatic heterocycles. The average Bonchev–Trinajstić information content (AvgIpc) is 2.54. The molecule has 136 valence electrons. The van der Waals surface area contributed by atoms with Crippen LogP contribution in [0, 0.1) is 0 Å². The number of halogens is 1. The van der Waals surface area contributed by atoms with Gasteiger partial charge >= 0.3 is 0 Å². The van der Waals surface area contributed by atoms with Crippen molar-refractivity contribution < 1.29 is 21.6 Å². The van der Waals surface area contributed by atoms with Gasteiger partial charge in [-0.3, -0.25) is 0 Å². The molecular weight excluding hydrogens is 430 g/mol. The highest BCUT2D eigenvalue weighted by Gasteiger charge is 2.25. The predicted octanol–water partition coefficient (Wildman–Crippen LogP) is 2.68. The average molecular weight is 448 g/mol. The molecule has 0 aliphatic heterocycles. The topological polar surface area (TPSA) is 80.8 Å². The first-order chi connectivity index (χ1) is 11.6. The van der Waals surface area contributed by atoms with E-state index in [4.69, 9.17) is 4.74 Å². The maximum Gasteiger partial charge on any atom is 0.244 e. The molecule has 0 atom stereocenters. The number of hydrogen-bond donors (Lipinski definition) is 0. The van der Waals surface area contributed by atoms with Crippen molar-refractivity contribution in [1.82, 2.24) is 4.31 Å². The van der Waals surface area contributed by atoms with E-state index in [-0.39, 0.29) is 16.3 Å². The van der Waals surface area contributed by atoms with Crippen LogP contribution < -0.4 is 4.74 Å². The minimum atomic E-state index is -3.88. The molecule has 2 aromatic carbocycles. The van der Waals surface area contributed by atoms with Gasteiger partial charge in [-0.15, -0.1) is 0 Å². The molecule has 2 aromatic rings. The van der Waals surface area contributed by atoms with E-state index in [1.54, 1.807) is 31.4 Å². The molecule has 0 saturated heterocycles. The summed E-state index contributed by atoms with van der Waals surface area (Å²) in [6, 6.07) is 11.0. The number of benzene rings is 2. The normalized spacial score (nSPS) is 12.4. The van der Waals surface area contributed by atoms with E-state index in [1.807, 2.05) is 0 Å². The number of ether oxygens (including phenoxy) is 1. The fraction of sp³-hybridized carbons (Fsp3) is 0.250. The lowest BCUT2D eigenvalue weighted by molar-refractivity contribution is 0.414. The number of hydrogen-bond acceptors (Lipinski definition) is 5. The summed E-state index contributed by atoms with van der Waals surface area (Å²) in [5, 5.41) is 0. The van der Waals surface area contributed by atoms with Crippen LogP contribution in [0.4, 0.5) is 0 Å². The van der Waals surface area contributed by atoms with Gasteiger partial charge in [0.05, 0.1) is 16.9 Å². The lowest BCUT2D eigenvalue weighted by Gasteiger charge is -2.19. The van der Waals surface area contributed by atoms with Crippen molar-refractivity contribution in [3.63, 3.8) is 0 Å². The molecule has 0 amide bonds. The van der Waals surface area contributed by atoms with Crippen molar-refractivity contribution in [2.24, 2.45) is 0 Å². The Morgan fingerprint density at radius 3 is 2.16 bits per heavy atom. The summed E-state index contributed by atoms with van der Waals surface area (Å²) in [4.78, 5) is -0.140. The molecule has 0 radical (unpaired) electrons. The molecule has 0 unspecified atom stereocenters. The third-order valence-electron chi connectivity index (χ3n) is 3.58. The SMILES string of the molecule is COc1ccc(CN(C)S(=O)(=O)c2cc(S(C)(=O)=O)ccc2Br)cc1. The van der Waals surface area contributed by atoms with Gasteiger partial charge in [0.15, 0.2) is 9.84 Å². The van der Waals surface area contributed by atoms with Crippen molar-refractivity contribution in [2.45, 2.75) is 16.3 Å². The quantitative estimate of drug-likeness (QED) is 0.679. The van der Waals surface area contributed by atoms with Gasteiger partial charge in [-0.1, -0.05) is 12.1 Å². The Labute approximate surface area is 156 Å². The molecule has 0 fully saturated rings. The molecule has 0 aliphatic rings. The molecular formula is C16H18BrNO5S2. The van der Waals surface area contributed by atoms with E-state index < -0.39 is 19.9 Å². The zero-order valence-electron chi connectivity index (χ0n) is 13.9. The number of sulfonamides is 1. The molecule has 6 nitrogen and oxygen atoms in total. The van der Waals surface area contributed by atoms with Crippen molar-refractivity contribution in [3.05, 3.63) is 52.5 Å². The highest BCUT2D eigenvalue weighted by Crippen LogP contribution is 2.28. The fourth-order valence-corrected chi connectivity index (χ4v) is 4.98. The monoisotopic (exact) mass is 447 g/mol. The summed E-state index contributed by atoms with van der Waals surface area (Å²) in [6.45, 7) is 0.141. The lowest BCUT2D eigenvalue weighted by Crippen LogP contribution is -2.27. The molecule has 2 rings (SSSR count). The molecule has 0 heterocycles. The predicted molar refractivity (Wildman–Crippen MR) is 98.9 cm³/mol. The minimum Gasteiger partial charge on any atom is -0.497 e. The van der Waals surface area contributed by atoms with E-state index in [2.05, 4.69) is 15.9 Å². The summed E-state index contributed by atoms with van der Waals surface area (Å²) in [5.41, 5.74) is 0.780. The summed E-state index contributed by atoms with van der Waals surface area (Å²) in [5.74, 6) is 0.679. The van der Waals surface area contributed by atoms with Crippen LogP contribution >= 0.6 is 15.9 Å². The number of methoxy groups -OCH3 is 1. The fourth-order valence-electron chi connectivity index (χ4n) is 2.15. The maximum absolute atomic E-state index is 12.8. The van der Waals surface area contributed by atoms with Gasteiger partial charge < -0.3 is 4.74 Å². The highest BCUT2D eigenvalue weighted by atomic mass is 79.9. The first-order valence-electron chi connectivity index (χ1n) is 7.14. The maximum atomic E-state index is 12.8. The van der Waals surface area contributed by atoms with E-state index in [9.17, 15) is 16.8 Å².